The molecule has 1 aliphatic carbocycles. The largest absolute Gasteiger partial charge is 0.481 e. The standard InChI is InChI=1S/C13H23NO2/c1-4-12(3,5-2)14-7-6-13(11(15)16)8-10(13)9-14/h10H,4-9H2,1-3H3,(H,15,16). The summed E-state index contributed by atoms with van der Waals surface area (Å²) >= 11 is 0. The number of rotatable bonds is 4. The minimum absolute atomic E-state index is 0.271. The second kappa shape index (κ2) is 3.73. The molecule has 3 nitrogen and oxygen atoms in total. The van der Waals surface area contributed by atoms with E-state index in [0.717, 1.165) is 38.8 Å². The highest BCUT2D eigenvalue weighted by molar-refractivity contribution is 5.79. The molecule has 2 unspecified atom stereocenters. The third-order valence-corrected chi connectivity index (χ3v) is 5.21. The van der Waals surface area contributed by atoms with Crippen molar-refractivity contribution in [2.45, 2.75) is 52.0 Å². The van der Waals surface area contributed by atoms with Gasteiger partial charge in [0.1, 0.15) is 0 Å². The summed E-state index contributed by atoms with van der Waals surface area (Å²) in [5.41, 5.74) is -0.0633. The summed E-state index contributed by atoms with van der Waals surface area (Å²) in [5, 5.41) is 9.22. The Bertz CT molecular complexity index is 298. The molecule has 2 atom stereocenters. The minimum atomic E-state index is -0.563. The molecule has 92 valence electrons. The van der Waals surface area contributed by atoms with Gasteiger partial charge in [-0.25, -0.2) is 0 Å². The zero-order valence-corrected chi connectivity index (χ0v) is 10.6. The van der Waals surface area contributed by atoms with Crippen LogP contribution in [0.5, 0.6) is 0 Å². The summed E-state index contributed by atoms with van der Waals surface area (Å²) in [4.78, 5) is 13.7. The zero-order chi connectivity index (χ0) is 12.0. The summed E-state index contributed by atoms with van der Waals surface area (Å²) in [6, 6.07) is 0. The Labute approximate surface area is 97.8 Å². The van der Waals surface area contributed by atoms with Crippen molar-refractivity contribution in [3.05, 3.63) is 0 Å². The van der Waals surface area contributed by atoms with E-state index in [-0.39, 0.29) is 11.0 Å². The first-order chi connectivity index (χ1) is 7.48. The fraction of sp³-hybridized carbons (Fsp3) is 0.923. The van der Waals surface area contributed by atoms with Crippen LogP contribution in [0.2, 0.25) is 0 Å². The molecule has 1 saturated heterocycles. The Morgan fingerprint density at radius 2 is 2.12 bits per heavy atom. The molecule has 1 heterocycles. The molecule has 1 N–H and O–H groups in total. The van der Waals surface area contributed by atoms with Gasteiger partial charge in [0.15, 0.2) is 0 Å². The number of nitrogens with zero attached hydrogens (tertiary/aromatic N) is 1. The lowest BCUT2D eigenvalue weighted by molar-refractivity contribution is -0.146. The second-order valence-electron chi connectivity index (χ2n) is 5.76. The highest BCUT2D eigenvalue weighted by Crippen LogP contribution is 2.58. The molecule has 0 spiro atoms. The maximum absolute atomic E-state index is 11.2. The summed E-state index contributed by atoms with van der Waals surface area (Å²) in [7, 11) is 0. The normalized spacial score (nSPS) is 34.6. The van der Waals surface area contributed by atoms with Crippen LogP contribution in [-0.2, 0) is 4.79 Å². The van der Waals surface area contributed by atoms with Gasteiger partial charge in [-0.2, -0.15) is 0 Å². The van der Waals surface area contributed by atoms with Gasteiger partial charge in [-0.15, -0.1) is 0 Å². The molecule has 0 aromatic rings. The van der Waals surface area contributed by atoms with Crippen LogP contribution < -0.4 is 0 Å². The molecule has 1 aliphatic heterocycles. The van der Waals surface area contributed by atoms with E-state index in [9.17, 15) is 9.90 Å². The number of carboxylic acids is 1. The van der Waals surface area contributed by atoms with Gasteiger partial charge in [0.25, 0.3) is 0 Å². The van der Waals surface area contributed by atoms with Gasteiger partial charge < -0.3 is 5.11 Å². The molecular weight excluding hydrogens is 202 g/mol. The van der Waals surface area contributed by atoms with Crippen LogP contribution in [-0.4, -0.2) is 34.6 Å². The molecule has 2 fully saturated rings. The quantitative estimate of drug-likeness (QED) is 0.798. The van der Waals surface area contributed by atoms with Gasteiger partial charge >= 0.3 is 5.97 Å². The van der Waals surface area contributed by atoms with Crippen LogP contribution in [0.3, 0.4) is 0 Å². The van der Waals surface area contributed by atoms with Crippen molar-refractivity contribution in [1.82, 2.24) is 4.90 Å². The molecule has 1 saturated carbocycles. The van der Waals surface area contributed by atoms with E-state index in [2.05, 4.69) is 25.7 Å². The molecule has 2 aliphatic rings. The Morgan fingerprint density at radius 3 is 2.56 bits per heavy atom. The van der Waals surface area contributed by atoms with E-state index in [1.807, 2.05) is 0 Å². The number of aliphatic carboxylic acids is 1. The Balaban J connectivity index is 2.03. The fourth-order valence-electron chi connectivity index (χ4n) is 3.17. The molecule has 0 radical (unpaired) electrons. The zero-order valence-electron chi connectivity index (χ0n) is 10.6. The van der Waals surface area contributed by atoms with Gasteiger partial charge in [-0.05, 0) is 45.1 Å². The van der Waals surface area contributed by atoms with Crippen molar-refractivity contribution in [2.75, 3.05) is 13.1 Å². The van der Waals surface area contributed by atoms with Crippen LogP contribution >= 0.6 is 0 Å². The van der Waals surface area contributed by atoms with Crippen molar-refractivity contribution in [1.29, 1.82) is 0 Å². The number of carbonyl (C=O) groups is 1. The van der Waals surface area contributed by atoms with E-state index >= 15 is 0 Å². The first kappa shape index (κ1) is 11.9. The van der Waals surface area contributed by atoms with Gasteiger partial charge in [0, 0.05) is 12.1 Å². The predicted octanol–water partition coefficient (Wildman–Crippen LogP) is 2.36. The van der Waals surface area contributed by atoms with Crippen LogP contribution in [0.15, 0.2) is 0 Å². The lowest BCUT2D eigenvalue weighted by atomic mass is 9.87. The van der Waals surface area contributed by atoms with E-state index in [0.29, 0.717) is 5.92 Å². The SMILES string of the molecule is CCC(C)(CC)N1CCC2(C(=O)O)CC2C1. The van der Waals surface area contributed by atoms with Crippen LogP contribution in [0.25, 0.3) is 0 Å². The van der Waals surface area contributed by atoms with Gasteiger partial charge in [-0.1, -0.05) is 13.8 Å². The topological polar surface area (TPSA) is 40.5 Å². The number of carboxylic acid groups (broad SMARTS) is 1. The highest BCUT2D eigenvalue weighted by atomic mass is 16.4. The molecule has 3 heteroatoms. The van der Waals surface area contributed by atoms with E-state index < -0.39 is 5.97 Å². The van der Waals surface area contributed by atoms with Crippen LogP contribution in [0.1, 0.15) is 46.5 Å². The summed E-state index contributed by atoms with van der Waals surface area (Å²) < 4.78 is 0. The monoisotopic (exact) mass is 225 g/mol. The molecular formula is C13H23NO2. The summed E-state index contributed by atoms with van der Waals surface area (Å²) in [6.07, 6.45) is 4.05. The van der Waals surface area contributed by atoms with E-state index in [1.165, 1.54) is 0 Å². The molecule has 0 aromatic heterocycles. The molecule has 2 rings (SSSR count). The molecule has 0 bridgehead atoms. The number of piperidine rings is 1. The first-order valence-electron chi connectivity index (χ1n) is 6.47. The lowest BCUT2D eigenvalue weighted by Gasteiger charge is -2.43. The lowest BCUT2D eigenvalue weighted by Crippen LogP contribution is -2.50. The summed E-state index contributed by atoms with van der Waals surface area (Å²) in [6.45, 7) is 8.72. The fourth-order valence-corrected chi connectivity index (χ4v) is 3.17. The minimum Gasteiger partial charge on any atom is -0.481 e. The number of hydrogen-bond donors (Lipinski definition) is 1. The van der Waals surface area contributed by atoms with Crippen LogP contribution in [0.4, 0.5) is 0 Å². The predicted molar refractivity (Wildman–Crippen MR) is 63.4 cm³/mol. The average Bonchev–Trinajstić information content (AvgIpc) is 3.02. The van der Waals surface area contributed by atoms with E-state index in [4.69, 9.17) is 0 Å². The second-order valence-corrected chi connectivity index (χ2v) is 5.76. The summed E-state index contributed by atoms with van der Waals surface area (Å²) in [5.74, 6) is -0.150. The average molecular weight is 225 g/mol. The molecule has 16 heavy (non-hydrogen) atoms. The Hall–Kier alpha value is -0.570. The molecule has 0 amide bonds. The number of hydrogen-bond acceptors (Lipinski definition) is 2. The van der Waals surface area contributed by atoms with Gasteiger partial charge in [-0.3, -0.25) is 9.69 Å². The maximum atomic E-state index is 11.2. The smallest absolute Gasteiger partial charge is 0.310 e. The third-order valence-electron chi connectivity index (χ3n) is 5.21. The van der Waals surface area contributed by atoms with Crippen LogP contribution in [0, 0.1) is 11.3 Å². The van der Waals surface area contributed by atoms with Crippen molar-refractivity contribution in [3.8, 4) is 0 Å². The molecule has 0 aromatic carbocycles. The van der Waals surface area contributed by atoms with E-state index in [1.54, 1.807) is 0 Å². The van der Waals surface area contributed by atoms with Crippen molar-refractivity contribution >= 4 is 5.97 Å². The third kappa shape index (κ3) is 1.56. The number of likely N-dealkylation sites (tertiary alicyclic amines) is 1. The highest BCUT2D eigenvalue weighted by Gasteiger charge is 2.63. The van der Waals surface area contributed by atoms with Crippen molar-refractivity contribution in [3.63, 3.8) is 0 Å². The Kier molecular flexibility index (Phi) is 2.77. The van der Waals surface area contributed by atoms with Gasteiger partial charge in [0.2, 0.25) is 0 Å². The first-order valence-corrected chi connectivity index (χ1v) is 6.47. The Morgan fingerprint density at radius 1 is 1.50 bits per heavy atom. The van der Waals surface area contributed by atoms with Crippen molar-refractivity contribution < 1.29 is 9.90 Å². The van der Waals surface area contributed by atoms with Gasteiger partial charge in [0.05, 0.1) is 5.41 Å². The maximum Gasteiger partial charge on any atom is 0.310 e. The number of fused-ring (bicyclic) bond motifs is 1. The van der Waals surface area contributed by atoms with Crippen molar-refractivity contribution in [2.24, 2.45) is 11.3 Å².